The fourth-order valence-corrected chi connectivity index (χ4v) is 1.02. The van der Waals surface area contributed by atoms with Gasteiger partial charge < -0.3 is 9.77 Å². The van der Waals surface area contributed by atoms with Gasteiger partial charge in [-0.05, 0) is 6.92 Å². The molecule has 0 saturated heterocycles. The van der Waals surface area contributed by atoms with Crippen LogP contribution in [0, 0.1) is 0 Å². The van der Waals surface area contributed by atoms with E-state index in [4.69, 9.17) is 5.21 Å². The second-order valence-electron chi connectivity index (χ2n) is 2.64. The molecule has 0 saturated carbocycles. The van der Waals surface area contributed by atoms with E-state index in [1.807, 2.05) is 42.0 Å². The van der Waals surface area contributed by atoms with Gasteiger partial charge in [-0.1, -0.05) is 29.5 Å². The zero-order valence-corrected chi connectivity index (χ0v) is 8.04. The number of allylic oxidation sites excluding steroid dienone is 4. The van der Waals surface area contributed by atoms with Gasteiger partial charge in [0, 0.05) is 18.9 Å². The predicted octanol–water partition coefficient (Wildman–Crippen LogP) is 1.82. The summed E-state index contributed by atoms with van der Waals surface area (Å²) in [7, 11) is 0. The number of rotatable bonds is 4. The Kier molecular flexibility index (Phi) is 4.20. The van der Waals surface area contributed by atoms with E-state index in [1.165, 1.54) is 6.21 Å². The topological polar surface area (TPSA) is 50.4 Å². The normalized spacial score (nSPS) is 12.4. The second-order valence-corrected chi connectivity index (χ2v) is 2.64. The third-order valence-corrected chi connectivity index (χ3v) is 1.66. The molecular formula is C10H13N3O. The van der Waals surface area contributed by atoms with E-state index >= 15 is 0 Å². The molecule has 1 rings (SSSR count). The molecule has 4 nitrogen and oxygen atoms in total. The van der Waals surface area contributed by atoms with Crippen molar-refractivity contribution in [2.75, 3.05) is 0 Å². The maximum Gasteiger partial charge on any atom is 0.154 e. The maximum atomic E-state index is 8.36. The van der Waals surface area contributed by atoms with Crippen LogP contribution in [0.15, 0.2) is 41.9 Å². The Bertz CT molecular complexity index is 350. The molecule has 0 fully saturated rings. The summed E-state index contributed by atoms with van der Waals surface area (Å²) in [5.74, 6) is 0.637. The van der Waals surface area contributed by atoms with Crippen molar-refractivity contribution in [1.29, 1.82) is 0 Å². The molecular weight excluding hydrogens is 178 g/mol. The van der Waals surface area contributed by atoms with Gasteiger partial charge in [0.15, 0.2) is 5.82 Å². The first kappa shape index (κ1) is 10.2. The summed E-state index contributed by atoms with van der Waals surface area (Å²) in [6.45, 7) is 2.68. The van der Waals surface area contributed by atoms with Crippen LogP contribution < -0.4 is 0 Å². The maximum absolute atomic E-state index is 8.36. The number of hydrogen-bond donors (Lipinski definition) is 1. The van der Waals surface area contributed by atoms with Gasteiger partial charge in [-0.25, -0.2) is 4.98 Å². The highest BCUT2D eigenvalue weighted by Gasteiger charge is 1.95. The van der Waals surface area contributed by atoms with Crippen molar-refractivity contribution in [1.82, 2.24) is 9.55 Å². The molecule has 0 atom stereocenters. The molecule has 0 spiro atoms. The Morgan fingerprint density at radius 2 is 2.43 bits per heavy atom. The van der Waals surface area contributed by atoms with Crippen LogP contribution in [0.25, 0.3) is 0 Å². The molecule has 1 N–H and O–H groups in total. The largest absolute Gasteiger partial charge is 0.411 e. The SMILES string of the molecule is C/C=C/C=C/Cn1ccnc1/C=N/O. The Balaban J connectivity index is 2.62. The summed E-state index contributed by atoms with van der Waals surface area (Å²) in [5.41, 5.74) is 0. The molecule has 1 aromatic rings. The van der Waals surface area contributed by atoms with Gasteiger partial charge in [0.25, 0.3) is 0 Å². The predicted molar refractivity (Wildman–Crippen MR) is 55.6 cm³/mol. The molecule has 1 heterocycles. The van der Waals surface area contributed by atoms with Crippen LogP contribution in [0.3, 0.4) is 0 Å². The van der Waals surface area contributed by atoms with Gasteiger partial charge in [-0.3, -0.25) is 0 Å². The summed E-state index contributed by atoms with van der Waals surface area (Å²) in [5, 5.41) is 11.3. The Morgan fingerprint density at radius 1 is 1.57 bits per heavy atom. The quantitative estimate of drug-likeness (QED) is 0.341. The zero-order chi connectivity index (χ0) is 10.2. The van der Waals surface area contributed by atoms with E-state index in [0.29, 0.717) is 12.4 Å². The minimum absolute atomic E-state index is 0.637. The lowest BCUT2D eigenvalue weighted by molar-refractivity contribution is 0.321. The van der Waals surface area contributed by atoms with Gasteiger partial charge in [-0.15, -0.1) is 0 Å². The van der Waals surface area contributed by atoms with Crippen LogP contribution in [0.4, 0.5) is 0 Å². The first-order valence-corrected chi connectivity index (χ1v) is 4.35. The molecule has 1 aromatic heterocycles. The molecule has 0 bridgehead atoms. The lowest BCUT2D eigenvalue weighted by atomic mass is 10.4. The van der Waals surface area contributed by atoms with Crippen LogP contribution >= 0.6 is 0 Å². The number of aromatic nitrogens is 2. The Labute approximate surface area is 82.9 Å². The standard InChI is InChI=1S/C10H13N3O/c1-2-3-4-5-7-13-8-6-11-10(13)9-12-14/h2-6,8-9,14H,7H2,1H3/b3-2+,5-4+,12-9+. The van der Waals surface area contributed by atoms with Gasteiger partial charge in [0.1, 0.15) is 6.21 Å². The second kappa shape index (κ2) is 5.75. The fraction of sp³-hybridized carbons (Fsp3) is 0.200. The van der Waals surface area contributed by atoms with Crippen LogP contribution in [0.2, 0.25) is 0 Å². The van der Waals surface area contributed by atoms with Crippen LogP contribution in [-0.2, 0) is 6.54 Å². The molecule has 74 valence electrons. The molecule has 0 aliphatic rings. The van der Waals surface area contributed by atoms with Crippen LogP contribution in [-0.4, -0.2) is 21.0 Å². The lowest BCUT2D eigenvalue weighted by Gasteiger charge is -1.98. The van der Waals surface area contributed by atoms with Gasteiger partial charge in [0.05, 0.1) is 0 Å². The average Bonchev–Trinajstić information content (AvgIpc) is 2.61. The molecule has 0 aliphatic heterocycles. The zero-order valence-electron chi connectivity index (χ0n) is 8.04. The lowest BCUT2D eigenvalue weighted by Crippen LogP contribution is -2.00. The third kappa shape index (κ3) is 2.90. The molecule has 0 amide bonds. The average molecular weight is 191 g/mol. The number of hydrogen-bond acceptors (Lipinski definition) is 3. The highest BCUT2D eigenvalue weighted by molar-refractivity contribution is 5.74. The molecule has 0 unspecified atom stereocenters. The third-order valence-electron chi connectivity index (χ3n) is 1.66. The van der Waals surface area contributed by atoms with Crippen molar-refractivity contribution >= 4 is 6.21 Å². The summed E-state index contributed by atoms with van der Waals surface area (Å²) < 4.78 is 1.87. The minimum Gasteiger partial charge on any atom is -0.411 e. The van der Waals surface area contributed by atoms with Crippen molar-refractivity contribution in [2.45, 2.75) is 13.5 Å². The minimum atomic E-state index is 0.637. The monoisotopic (exact) mass is 191 g/mol. The van der Waals surface area contributed by atoms with Crippen molar-refractivity contribution in [3.05, 3.63) is 42.5 Å². The van der Waals surface area contributed by atoms with Crippen molar-refractivity contribution in [3.63, 3.8) is 0 Å². The van der Waals surface area contributed by atoms with Crippen molar-refractivity contribution in [3.8, 4) is 0 Å². The summed E-state index contributed by atoms with van der Waals surface area (Å²) >= 11 is 0. The Morgan fingerprint density at radius 3 is 3.14 bits per heavy atom. The highest BCUT2D eigenvalue weighted by atomic mass is 16.4. The van der Waals surface area contributed by atoms with Crippen LogP contribution in [0.5, 0.6) is 0 Å². The Hall–Kier alpha value is -1.84. The van der Waals surface area contributed by atoms with Crippen molar-refractivity contribution in [2.24, 2.45) is 5.16 Å². The van der Waals surface area contributed by atoms with E-state index in [0.717, 1.165) is 0 Å². The van der Waals surface area contributed by atoms with Gasteiger partial charge >= 0.3 is 0 Å². The summed E-state index contributed by atoms with van der Waals surface area (Å²) in [6.07, 6.45) is 12.7. The number of imidazole rings is 1. The first-order valence-electron chi connectivity index (χ1n) is 4.35. The summed E-state index contributed by atoms with van der Waals surface area (Å²) in [6, 6.07) is 0. The van der Waals surface area contributed by atoms with E-state index in [2.05, 4.69) is 10.1 Å². The highest BCUT2D eigenvalue weighted by Crippen LogP contribution is 1.95. The van der Waals surface area contributed by atoms with E-state index in [-0.39, 0.29) is 0 Å². The molecule has 0 radical (unpaired) electrons. The summed E-state index contributed by atoms with van der Waals surface area (Å²) in [4.78, 5) is 4.01. The van der Waals surface area contributed by atoms with Crippen LogP contribution in [0.1, 0.15) is 12.7 Å². The number of oxime groups is 1. The first-order chi connectivity index (χ1) is 6.88. The molecule has 0 aromatic carbocycles. The number of nitrogens with zero attached hydrogens (tertiary/aromatic N) is 3. The fourth-order valence-electron chi connectivity index (χ4n) is 1.02. The smallest absolute Gasteiger partial charge is 0.154 e. The molecule has 14 heavy (non-hydrogen) atoms. The van der Waals surface area contributed by atoms with Crippen molar-refractivity contribution < 1.29 is 5.21 Å². The van der Waals surface area contributed by atoms with Gasteiger partial charge in [-0.2, -0.15) is 0 Å². The van der Waals surface area contributed by atoms with E-state index in [9.17, 15) is 0 Å². The molecule has 4 heteroatoms. The van der Waals surface area contributed by atoms with Gasteiger partial charge in [0.2, 0.25) is 0 Å². The van der Waals surface area contributed by atoms with E-state index in [1.54, 1.807) is 6.20 Å². The molecule has 0 aliphatic carbocycles. The van der Waals surface area contributed by atoms with E-state index < -0.39 is 0 Å².